The lowest BCUT2D eigenvalue weighted by molar-refractivity contribution is -0.0332. The van der Waals surface area contributed by atoms with Crippen molar-refractivity contribution in [2.24, 2.45) is 4.99 Å². The summed E-state index contributed by atoms with van der Waals surface area (Å²) in [5.41, 5.74) is 0.917. The normalized spacial score (nSPS) is 21.1. The van der Waals surface area contributed by atoms with Gasteiger partial charge in [-0.2, -0.15) is 0 Å². The summed E-state index contributed by atoms with van der Waals surface area (Å²) in [4.78, 5) is 7.35. The smallest absolute Gasteiger partial charge is 0.128 e. The molecule has 2 fully saturated rings. The van der Waals surface area contributed by atoms with E-state index >= 15 is 0 Å². The molecule has 1 aromatic rings. The van der Waals surface area contributed by atoms with Gasteiger partial charge in [0.15, 0.2) is 0 Å². The van der Waals surface area contributed by atoms with Crippen LogP contribution >= 0.6 is 0 Å². The molecule has 5 nitrogen and oxygen atoms in total. The molecule has 1 saturated heterocycles. The Morgan fingerprint density at radius 1 is 1.23 bits per heavy atom. The van der Waals surface area contributed by atoms with E-state index < -0.39 is 0 Å². The molecule has 0 amide bonds. The third kappa shape index (κ3) is 4.77. The zero-order valence-electron chi connectivity index (χ0n) is 16.0. The van der Waals surface area contributed by atoms with E-state index in [2.05, 4.69) is 11.8 Å². The Balaban J connectivity index is 1.66. The molecular weight excluding hydrogens is 328 g/mol. The first-order valence-corrected chi connectivity index (χ1v) is 10.0. The lowest BCUT2D eigenvalue weighted by atomic mass is 9.80. The third-order valence-electron chi connectivity index (χ3n) is 5.56. The van der Waals surface area contributed by atoms with E-state index in [9.17, 15) is 5.11 Å². The lowest BCUT2D eigenvalue weighted by Crippen LogP contribution is -2.56. The molecule has 0 spiro atoms. The molecule has 1 N–H and O–H groups in total. The maximum Gasteiger partial charge on any atom is 0.128 e. The SMILES string of the molecule is CCCOc1ccc(C=NCC2(N3CCOCC3)CCCCC2)c(O)c1. The second-order valence-corrected chi connectivity index (χ2v) is 7.42. The number of nitrogens with zero attached hydrogens (tertiary/aromatic N) is 2. The summed E-state index contributed by atoms with van der Waals surface area (Å²) in [6.45, 7) is 7.18. The van der Waals surface area contributed by atoms with Crippen LogP contribution in [0.5, 0.6) is 11.5 Å². The van der Waals surface area contributed by atoms with Crippen molar-refractivity contribution >= 4 is 6.21 Å². The minimum absolute atomic E-state index is 0.165. The van der Waals surface area contributed by atoms with Gasteiger partial charge < -0.3 is 14.6 Å². The summed E-state index contributed by atoms with van der Waals surface area (Å²) in [7, 11) is 0. The van der Waals surface area contributed by atoms with Crippen LogP contribution in [0.15, 0.2) is 23.2 Å². The Bertz CT molecular complexity index is 591. The minimum atomic E-state index is 0.165. The quantitative estimate of drug-likeness (QED) is 0.755. The van der Waals surface area contributed by atoms with Gasteiger partial charge >= 0.3 is 0 Å². The number of hydrogen-bond donors (Lipinski definition) is 1. The molecule has 2 aliphatic rings. The second kappa shape index (κ2) is 9.38. The minimum Gasteiger partial charge on any atom is -0.507 e. The predicted molar refractivity (Wildman–Crippen MR) is 105 cm³/mol. The Morgan fingerprint density at radius 3 is 2.69 bits per heavy atom. The highest BCUT2D eigenvalue weighted by Gasteiger charge is 2.38. The van der Waals surface area contributed by atoms with Crippen molar-refractivity contribution in [2.45, 2.75) is 51.0 Å². The van der Waals surface area contributed by atoms with Crippen LogP contribution in [0, 0.1) is 0 Å². The second-order valence-electron chi connectivity index (χ2n) is 7.42. The Morgan fingerprint density at radius 2 is 2.00 bits per heavy atom. The van der Waals surface area contributed by atoms with Crippen LogP contribution < -0.4 is 4.74 Å². The first-order chi connectivity index (χ1) is 12.7. The van der Waals surface area contributed by atoms with Crippen molar-refractivity contribution in [1.82, 2.24) is 4.90 Å². The van der Waals surface area contributed by atoms with Gasteiger partial charge in [-0.15, -0.1) is 0 Å². The van der Waals surface area contributed by atoms with Crippen molar-refractivity contribution < 1.29 is 14.6 Å². The maximum absolute atomic E-state index is 10.2. The van der Waals surface area contributed by atoms with Gasteiger partial charge in [0, 0.05) is 36.5 Å². The van der Waals surface area contributed by atoms with Gasteiger partial charge in [-0.05, 0) is 31.4 Å². The number of benzene rings is 1. The van der Waals surface area contributed by atoms with Crippen LogP contribution in [-0.4, -0.2) is 61.2 Å². The van der Waals surface area contributed by atoms with Crippen LogP contribution in [0.2, 0.25) is 0 Å². The summed E-state index contributed by atoms with van der Waals surface area (Å²) in [6, 6.07) is 5.45. The van der Waals surface area contributed by atoms with Crippen molar-refractivity contribution in [3.8, 4) is 11.5 Å². The molecule has 26 heavy (non-hydrogen) atoms. The van der Waals surface area contributed by atoms with E-state index in [0.717, 1.165) is 44.8 Å². The number of phenols is 1. The molecule has 1 heterocycles. The largest absolute Gasteiger partial charge is 0.507 e. The highest BCUT2D eigenvalue weighted by molar-refractivity contribution is 5.83. The highest BCUT2D eigenvalue weighted by Crippen LogP contribution is 2.34. The molecule has 1 saturated carbocycles. The van der Waals surface area contributed by atoms with Crippen LogP contribution in [0.4, 0.5) is 0 Å². The zero-order chi connectivity index (χ0) is 18.2. The summed E-state index contributed by atoms with van der Waals surface area (Å²) in [5, 5.41) is 10.2. The summed E-state index contributed by atoms with van der Waals surface area (Å²) in [5.74, 6) is 0.935. The molecule has 0 bridgehead atoms. The van der Waals surface area contributed by atoms with Crippen molar-refractivity contribution in [1.29, 1.82) is 0 Å². The number of ether oxygens (including phenoxy) is 2. The van der Waals surface area contributed by atoms with E-state index in [1.807, 2.05) is 18.3 Å². The van der Waals surface area contributed by atoms with Gasteiger partial charge in [-0.3, -0.25) is 9.89 Å². The molecule has 1 aromatic carbocycles. The van der Waals surface area contributed by atoms with Crippen LogP contribution in [0.3, 0.4) is 0 Å². The average molecular weight is 360 g/mol. The number of phenolic OH excluding ortho intramolecular Hbond substituents is 1. The van der Waals surface area contributed by atoms with Gasteiger partial charge in [0.1, 0.15) is 11.5 Å². The van der Waals surface area contributed by atoms with Crippen molar-refractivity contribution in [3.05, 3.63) is 23.8 Å². The number of aliphatic imine (C=N–C) groups is 1. The monoisotopic (exact) mass is 360 g/mol. The van der Waals surface area contributed by atoms with E-state index in [1.54, 1.807) is 6.07 Å². The van der Waals surface area contributed by atoms with E-state index in [1.165, 1.54) is 32.1 Å². The molecule has 0 aromatic heterocycles. The van der Waals surface area contributed by atoms with Gasteiger partial charge in [-0.25, -0.2) is 0 Å². The zero-order valence-corrected chi connectivity index (χ0v) is 16.0. The topological polar surface area (TPSA) is 54.3 Å². The predicted octanol–water partition coefficient (Wildman–Crippen LogP) is 3.64. The Labute approximate surface area is 157 Å². The molecular formula is C21H32N2O3. The number of aromatic hydroxyl groups is 1. The highest BCUT2D eigenvalue weighted by atomic mass is 16.5. The Kier molecular flexibility index (Phi) is 6.92. The summed E-state index contributed by atoms with van der Waals surface area (Å²) >= 11 is 0. The molecule has 144 valence electrons. The molecule has 1 aliphatic heterocycles. The van der Waals surface area contributed by atoms with Crippen molar-refractivity contribution in [2.75, 3.05) is 39.5 Å². The first kappa shape index (κ1) is 19.2. The van der Waals surface area contributed by atoms with E-state index in [0.29, 0.717) is 12.4 Å². The molecule has 0 atom stereocenters. The Hall–Kier alpha value is -1.59. The lowest BCUT2D eigenvalue weighted by Gasteiger charge is -2.47. The average Bonchev–Trinajstić information content (AvgIpc) is 2.69. The standard InChI is InChI=1S/C21H32N2O3/c1-2-12-26-19-7-6-18(20(24)15-19)16-22-17-21(8-4-3-5-9-21)23-10-13-25-14-11-23/h6-7,15-16,24H,2-5,8-14,17H2,1H3. The summed E-state index contributed by atoms with van der Waals surface area (Å²) in [6.07, 6.45) is 9.07. The number of rotatable bonds is 7. The van der Waals surface area contributed by atoms with Crippen LogP contribution in [0.1, 0.15) is 51.0 Å². The number of morpholine rings is 1. The van der Waals surface area contributed by atoms with Gasteiger partial charge in [0.2, 0.25) is 0 Å². The fraction of sp³-hybridized carbons (Fsp3) is 0.667. The maximum atomic E-state index is 10.2. The van der Waals surface area contributed by atoms with E-state index in [-0.39, 0.29) is 11.3 Å². The van der Waals surface area contributed by atoms with Crippen LogP contribution in [0.25, 0.3) is 0 Å². The fourth-order valence-corrected chi connectivity index (χ4v) is 4.08. The summed E-state index contributed by atoms with van der Waals surface area (Å²) < 4.78 is 11.1. The molecule has 3 rings (SSSR count). The third-order valence-corrected chi connectivity index (χ3v) is 5.56. The van der Waals surface area contributed by atoms with Gasteiger partial charge in [0.25, 0.3) is 0 Å². The molecule has 0 unspecified atom stereocenters. The molecule has 0 radical (unpaired) electrons. The van der Waals surface area contributed by atoms with Gasteiger partial charge in [0.05, 0.1) is 26.4 Å². The van der Waals surface area contributed by atoms with Crippen molar-refractivity contribution in [3.63, 3.8) is 0 Å². The molecule has 1 aliphatic carbocycles. The van der Waals surface area contributed by atoms with E-state index in [4.69, 9.17) is 14.5 Å². The fourth-order valence-electron chi connectivity index (χ4n) is 4.08. The number of hydrogen-bond acceptors (Lipinski definition) is 5. The molecule has 5 heteroatoms. The van der Waals surface area contributed by atoms with Gasteiger partial charge in [-0.1, -0.05) is 26.2 Å². The first-order valence-electron chi connectivity index (χ1n) is 10.0. The van der Waals surface area contributed by atoms with Crippen LogP contribution in [-0.2, 0) is 4.74 Å².